The van der Waals surface area contributed by atoms with E-state index in [1.165, 1.54) is 12.5 Å². The minimum Gasteiger partial charge on any atom is -0.480 e. The van der Waals surface area contributed by atoms with Crippen LogP contribution in [0.25, 0.3) is 0 Å². The number of hydrogen-bond donors (Lipinski definition) is 3. The summed E-state index contributed by atoms with van der Waals surface area (Å²) >= 11 is 0. The number of nitrogens with zero attached hydrogens (tertiary/aromatic N) is 1. The third-order valence-electron chi connectivity index (χ3n) is 5.40. The Balaban J connectivity index is 1.83. The highest BCUT2D eigenvalue weighted by Crippen LogP contribution is 2.36. The molecule has 2 amide bonds. The van der Waals surface area contributed by atoms with E-state index in [9.17, 15) is 19.5 Å². The molecule has 1 aliphatic rings. The number of rotatable bonds is 7. The van der Waals surface area contributed by atoms with Crippen molar-refractivity contribution < 1.29 is 19.5 Å². The Hall–Kier alpha value is -3.19. The van der Waals surface area contributed by atoms with Crippen LogP contribution in [0.5, 0.6) is 0 Å². The number of aliphatic carboxylic acids is 1. The number of likely N-dealkylation sites (tertiary alicyclic amines) is 1. The summed E-state index contributed by atoms with van der Waals surface area (Å²) in [6.07, 6.45) is 1.14. The molecule has 2 aromatic rings. The van der Waals surface area contributed by atoms with Crippen molar-refractivity contribution in [2.24, 2.45) is 0 Å². The first kappa shape index (κ1) is 21.5. The first-order valence-corrected chi connectivity index (χ1v) is 10.1. The van der Waals surface area contributed by atoms with Crippen molar-refractivity contribution in [1.29, 1.82) is 0 Å². The average molecular weight is 409 g/mol. The number of carbonyl (C=O) groups is 3. The number of benzene rings is 2. The molecule has 0 saturated carbocycles. The van der Waals surface area contributed by atoms with Gasteiger partial charge in [0.15, 0.2) is 0 Å². The van der Waals surface area contributed by atoms with E-state index in [1.54, 1.807) is 4.90 Å². The van der Waals surface area contributed by atoms with E-state index in [4.69, 9.17) is 0 Å². The van der Waals surface area contributed by atoms with Crippen LogP contribution in [0.15, 0.2) is 54.6 Å². The molecule has 2 aromatic carbocycles. The zero-order valence-electron chi connectivity index (χ0n) is 17.2. The van der Waals surface area contributed by atoms with Gasteiger partial charge in [-0.05, 0) is 36.1 Å². The second kappa shape index (κ2) is 9.54. The van der Waals surface area contributed by atoms with E-state index in [1.807, 2.05) is 54.6 Å². The average Bonchev–Trinajstić information content (AvgIpc) is 3.06. The zero-order valence-corrected chi connectivity index (χ0v) is 17.2. The van der Waals surface area contributed by atoms with Crippen LogP contribution in [0.4, 0.5) is 5.69 Å². The van der Waals surface area contributed by atoms with Gasteiger partial charge in [-0.2, -0.15) is 0 Å². The van der Waals surface area contributed by atoms with Gasteiger partial charge in [0.2, 0.25) is 11.8 Å². The third-order valence-corrected chi connectivity index (χ3v) is 5.40. The van der Waals surface area contributed by atoms with Gasteiger partial charge in [0.1, 0.15) is 6.04 Å². The fourth-order valence-corrected chi connectivity index (χ4v) is 4.04. The summed E-state index contributed by atoms with van der Waals surface area (Å²) in [6.45, 7) is 3.37. The molecule has 7 heteroatoms. The third kappa shape index (κ3) is 5.04. The molecule has 3 atom stereocenters. The Morgan fingerprint density at radius 3 is 2.30 bits per heavy atom. The smallest absolute Gasteiger partial charge is 0.321 e. The molecule has 3 N–H and O–H groups in total. The molecule has 1 fully saturated rings. The Morgan fingerprint density at radius 1 is 1.07 bits per heavy atom. The molecule has 0 aliphatic carbocycles. The predicted molar refractivity (Wildman–Crippen MR) is 114 cm³/mol. The van der Waals surface area contributed by atoms with Crippen molar-refractivity contribution >= 4 is 23.5 Å². The first-order chi connectivity index (χ1) is 14.4. The molecule has 1 aliphatic heterocycles. The van der Waals surface area contributed by atoms with Crippen molar-refractivity contribution in [3.8, 4) is 0 Å². The number of anilines is 1. The number of carbonyl (C=O) groups excluding carboxylic acids is 2. The fraction of sp³-hybridized carbons (Fsp3) is 0.348. The Morgan fingerprint density at radius 2 is 1.73 bits per heavy atom. The molecule has 30 heavy (non-hydrogen) atoms. The van der Waals surface area contributed by atoms with Crippen molar-refractivity contribution in [2.75, 3.05) is 11.9 Å². The molecule has 0 spiro atoms. The Labute approximate surface area is 176 Å². The zero-order chi connectivity index (χ0) is 21.7. The van der Waals surface area contributed by atoms with Gasteiger partial charge >= 0.3 is 5.97 Å². The number of hydrogen-bond acceptors (Lipinski definition) is 4. The first-order valence-electron chi connectivity index (χ1n) is 10.1. The molecule has 0 radical (unpaired) electrons. The van der Waals surface area contributed by atoms with Gasteiger partial charge in [0.05, 0.1) is 18.6 Å². The molecule has 0 bridgehead atoms. The normalized spacial score (nSPS) is 21.2. The monoisotopic (exact) mass is 409 g/mol. The van der Waals surface area contributed by atoms with E-state index >= 15 is 0 Å². The van der Waals surface area contributed by atoms with Gasteiger partial charge in [-0.15, -0.1) is 0 Å². The largest absolute Gasteiger partial charge is 0.480 e. The molecule has 158 valence electrons. The molecule has 1 heterocycles. The van der Waals surface area contributed by atoms with Crippen molar-refractivity contribution in [3.05, 3.63) is 65.7 Å². The second-order valence-corrected chi connectivity index (χ2v) is 7.52. The van der Waals surface area contributed by atoms with Crippen LogP contribution in [0, 0.1) is 0 Å². The summed E-state index contributed by atoms with van der Waals surface area (Å²) in [7, 11) is 0. The van der Waals surface area contributed by atoms with Crippen LogP contribution < -0.4 is 10.6 Å². The van der Waals surface area contributed by atoms with Crippen LogP contribution >= 0.6 is 0 Å². The van der Waals surface area contributed by atoms with Crippen molar-refractivity contribution in [3.63, 3.8) is 0 Å². The topological polar surface area (TPSA) is 98.7 Å². The number of amides is 2. The summed E-state index contributed by atoms with van der Waals surface area (Å²) in [5, 5.41) is 15.5. The maximum atomic E-state index is 12.8. The lowest BCUT2D eigenvalue weighted by atomic mass is 9.99. The fourth-order valence-electron chi connectivity index (χ4n) is 4.04. The molecule has 7 nitrogen and oxygen atoms in total. The van der Waals surface area contributed by atoms with Crippen LogP contribution in [-0.4, -0.2) is 46.4 Å². The van der Waals surface area contributed by atoms with Crippen molar-refractivity contribution in [2.45, 2.75) is 44.8 Å². The van der Waals surface area contributed by atoms with Gasteiger partial charge in [0.25, 0.3) is 0 Å². The lowest BCUT2D eigenvalue weighted by Crippen LogP contribution is -2.44. The van der Waals surface area contributed by atoms with Crippen LogP contribution in [0.2, 0.25) is 0 Å². The summed E-state index contributed by atoms with van der Waals surface area (Å²) in [5.74, 6) is -1.54. The molecule has 3 rings (SSSR count). The lowest BCUT2D eigenvalue weighted by Gasteiger charge is -2.30. The summed E-state index contributed by atoms with van der Waals surface area (Å²) in [4.78, 5) is 38.1. The molecular formula is C23H27N3O4. The molecule has 0 unspecified atom stereocenters. The highest BCUT2D eigenvalue weighted by Gasteiger charge is 2.46. The standard InChI is InChI=1S/C23H27N3O4/c1-3-16-9-11-18(12-10-16)25-21(28)14-26-20(23(29)30)13-19(24-15(2)27)22(26)17-7-5-4-6-8-17/h4-12,19-20,22H,3,13-14H2,1-2H3,(H,24,27)(H,25,28)(H,29,30)/t19-,20-,22-/m0/s1. The van der Waals surface area contributed by atoms with Gasteiger partial charge in [-0.1, -0.05) is 49.4 Å². The molecule has 0 aromatic heterocycles. The Bertz CT molecular complexity index is 898. The highest BCUT2D eigenvalue weighted by atomic mass is 16.4. The highest BCUT2D eigenvalue weighted by molar-refractivity contribution is 5.92. The Kier molecular flexibility index (Phi) is 6.84. The maximum absolute atomic E-state index is 12.8. The predicted octanol–water partition coefficient (Wildman–Crippen LogP) is 2.59. The van der Waals surface area contributed by atoms with Crippen LogP contribution in [-0.2, 0) is 20.8 Å². The number of carboxylic acids is 1. The number of nitrogens with one attached hydrogen (secondary N) is 2. The second-order valence-electron chi connectivity index (χ2n) is 7.52. The minimum absolute atomic E-state index is 0.0951. The number of carboxylic acid groups (broad SMARTS) is 1. The summed E-state index contributed by atoms with van der Waals surface area (Å²) in [6, 6.07) is 15.3. The maximum Gasteiger partial charge on any atom is 0.321 e. The minimum atomic E-state index is -1.01. The van der Waals surface area contributed by atoms with Gasteiger partial charge in [-0.25, -0.2) is 0 Å². The SMILES string of the molecule is CCc1ccc(NC(=O)CN2[C@H](C(=O)O)C[C@H](NC(C)=O)[C@@H]2c2ccccc2)cc1. The van der Waals surface area contributed by atoms with E-state index in [-0.39, 0.29) is 24.8 Å². The van der Waals surface area contributed by atoms with E-state index in [0.717, 1.165) is 12.0 Å². The number of aryl methyl sites for hydroxylation is 1. The van der Waals surface area contributed by atoms with Gasteiger partial charge in [-0.3, -0.25) is 19.3 Å². The lowest BCUT2D eigenvalue weighted by molar-refractivity contribution is -0.143. The van der Waals surface area contributed by atoms with Gasteiger partial charge in [0, 0.05) is 12.6 Å². The van der Waals surface area contributed by atoms with Crippen molar-refractivity contribution in [1.82, 2.24) is 10.2 Å². The van der Waals surface area contributed by atoms with E-state index in [0.29, 0.717) is 5.69 Å². The molecule has 1 saturated heterocycles. The van der Waals surface area contributed by atoms with E-state index in [2.05, 4.69) is 17.6 Å². The van der Waals surface area contributed by atoms with Crippen LogP contribution in [0.3, 0.4) is 0 Å². The summed E-state index contributed by atoms with van der Waals surface area (Å²) in [5.41, 5.74) is 2.69. The molecular weight excluding hydrogens is 382 g/mol. The van der Waals surface area contributed by atoms with Crippen LogP contribution in [0.1, 0.15) is 37.4 Å². The van der Waals surface area contributed by atoms with Gasteiger partial charge < -0.3 is 15.7 Å². The van der Waals surface area contributed by atoms with E-state index < -0.39 is 24.1 Å². The quantitative estimate of drug-likeness (QED) is 0.653. The summed E-state index contributed by atoms with van der Waals surface area (Å²) < 4.78 is 0.